The normalized spacial score (nSPS) is 15.1. The number of amides is 1. The van der Waals surface area contributed by atoms with E-state index in [-0.39, 0.29) is 25.4 Å². The number of carbonyl (C=O) groups excluding carboxylic acids is 1. The SMILES string of the molecule is O=C1CN(c2cc(-c3ccc(CO)cc3)ccc2OCc2ccccc2)S(=O)(=O)N1. The van der Waals surface area contributed by atoms with Crippen molar-refractivity contribution >= 4 is 21.8 Å². The van der Waals surface area contributed by atoms with Crippen molar-refractivity contribution in [3.8, 4) is 16.9 Å². The van der Waals surface area contributed by atoms with E-state index in [0.717, 1.165) is 26.6 Å². The van der Waals surface area contributed by atoms with Crippen LogP contribution < -0.4 is 13.8 Å². The zero-order valence-corrected chi connectivity index (χ0v) is 16.8. The molecule has 0 aromatic heterocycles. The maximum absolute atomic E-state index is 12.4. The summed E-state index contributed by atoms with van der Waals surface area (Å²) in [5, 5.41) is 9.23. The summed E-state index contributed by atoms with van der Waals surface area (Å²) in [5.74, 6) is -0.239. The molecular weight excluding hydrogens is 404 g/mol. The molecule has 1 aliphatic rings. The summed E-state index contributed by atoms with van der Waals surface area (Å²) in [6, 6.07) is 22.0. The van der Waals surface area contributed by atoms with Gasteiger partial charge in [0, 0.05) is 0 Å². The van der Waals surface area contributed by atoms with Gasteiger partial charge in [0.2, 0.25) is 0 Å². The Hall–Kier alpha value is -3.36. The van der Waals surface area contributed by atoms with E-state index in [0.29, 0.717) is 5.75 Å². The quantitative estimate of drug-likeness (QED) is 0.634. The first kappa shape index (κ1) is 19.9. The van der Waals surface area contributed by atoms with E-state index in [9.17, 15) is 18.3 Å². The Labute approximate surface area is 174 Å². The average Bonchev–Trinajstić information content (AvgIpc) is 3.04. The monoisotopic (exact) mass is 424 g/mol. The van der Waals surface area contributed by atoms with Crippen LogP contribution in [0.3, 0.4) is 0 Å². The first-order valence-corrected chi connectivity index (χ1v) is 10.7. The molecule has 0 saturated carbocycles. The molecule has 0 atom stereocenters. The van der Waals surface area contributed by atoms with Gasteiger partial charge in [0.1, 0.15) is 18.9 Å². The van der Waals surface area contributed by atoms with Gasteiger partial charge in [-0.1, -0.05) is 60.7 Å². The molecular formula is C22H20N2O5S. The molecule has 7 nitrogen and oxygen atoms in total. The highest BCUT2D eigenvalue weighted by atomic mass is 32.2. The van der Waals surface area contributed by atoms with Crippen LogP contribution in [-0.4, -0.2) is 26.0 Å². The van der Waals surface area contributed by atoms with Crippen LogP contribution in [0.1, 0.15) is 11.1 Å². The minimum Gasteiger partial charge on any atom is -0.487 e. The van der Waals surface area contributed by atoms with Crippen LogP contribution in [0.25, 0.3) is 11.1 Å². The zero-order chi connectivity index (χ0) is 21.1. The second-order valence-corrected chi connectivity index (χ2v) is 8.44. The molecule has 0 spiro atoms. The van der Waals surface area contributed by atoms with E-state index >= 15 is 0 Å². The van der Waals surface area contributed by atoms with Gasteiger partial charge in [0.25, 0.3) is 5.91 Å². The summed E-state index contributed by atoms with van der Waals surface area (Å²) in [5.41, 5.74) is 3.60. The number of rotatable bonds is 6. The van der Waals surface area contributed by atoms with Gasteiger partial charge in [-0.15, -0.1) is 0 Å². The van der Waals surface area contributed by atoms with Crippen molar-refractivity contribution in [2.75, 3.05) is 10.8 Å². The Morgan fingerprint density at radius 3 is 2.27 bits per heavy atom. The minimum absolute atomic E-state index is 0.0579. The van der Waals surface area contributed by atoms with Crippen molar-refractivity contribution in [3.05, 3.63) is 83.9 Å². The van der Waals surface area contributed by atoms with Crippen molar-refractivity contribution < 1.29 is 23.1 Å². The summed E-state index contributed by atoms with van der Waals surface area (Å²) in [6.45, 7) is -0.109. The smallest absolute Gasteiger partial charge is 0.326 e. The average molecular weight is 424 g/mol. The summed E-state index contributed by atoms with van der Waals surface area (Å²) in [4.78, 5) is 11.8. The van der Waals surface area contributed by atoms with Crippen LogP contribution in [-0.2, 0) is 28.2 Å². The fourth-order valence-corrected chi connectivity index (χ4v) is 4.36. The molecule has 154 valence electrons. The van der Waals surface area contributed by atoms with E-state index in [1.807, 2.05) is 53.3 Å². The van der Waals surface area contributed by atoms with Crippen molar-refractivity contribution in [3.63, 3.8) is 0 Å². The van der Waals surface area contributed by atoms with Crippen LogP contribution in [0.2, 0.25) is 0 Å². The van der Waals surface area contributed by atoms with E-state index in [2.05, 4.69) is 0 Å². The van der Waals surface area contributed by atoms with E-state index in [1.165, 1.54) is 0 Å². The predicted octanol–water partition coefficient (Wildman–Crippen LogP) is 2.61. The number of anilines is 1. The van der Waals surface area contributed by atoms with Gasteiger partial charge >= 0.3 is 10.2 Å². The predicted molar refractivity (Wildman–Crippen MR) is 113 cm³/mol. The number of nitrogens with zero attached hydrogens (tertiary/aromatic N) is 1. The first-order valence-electron chi connectivity index (χ1n) is 9.30. The second-order valence-electron chi connectivity index (χ2n) is 6.85. The number of nitrogens with one attached hydrogen (secondary N) is 1. The third kappa shape index (κ3) is 4.14. The largest absolute Gasteiger partial charge is 0.487 e. The Bertz CT molecular complexity index is 1160. The highest BCUT2D eigenvalue weighted by Gasteiger charge is 2.36. The third-order valence-corrected chi connectivity index (χ3v) is 6.15. The van der Waals surface area contributed by atoms with Gasteiger partial charge in [-0.25, -0.2) is 9.03 Å². The lowest BCUT2D eigenvalue weighted by Gasteiger charge is -2.20. The lowest BCUT2D eigenvalue weighted by Crippen LogP contribution is -2.29. The van der Waals surface area contributed by atoms with Crippen LogP contribution in [0.4, 0.5) is 5.69 Å². The molecule has 1 fully saturated rings. The molecule has 4 rings (SSSR count). The van der Waals surface area contributed by atoms with Gasteiger partial charge in [0.05, 0.1) is 12.3 Å². The lowest BCUT2D eigenvalue weighted by atomic mass is 10.0. The highest BCUT2D eigenvalue weighted by Crippen LogP contribution is 2.36. The van der Waals surface area contributed by atoms with E-state index in [1.54, 1.807) is 24.3 Å². The zero-order valence-electron chi connectivity index (χ0n) is 16.0. The third-order valence-electron chi connectivity index (χ3n) is 4.75. The maximum atomic E-state index is 12.4. The Morgan fingerprint density at radius 2 is 1.63 bits per heavy atom. The summed E-state index contributed by atoms with van der Waals surface area (Å²) in [7, 11) is -3.98. The van der Waals surface area contributed by atoms with Crippen LogP contribution in [0.15, 0.2) is 72.8 Å². The molecule has 1 saturated heterocycles. The number of hydrogen-bond acceptors (Lipinski definition) is 5. The standard InChI is InChI=1S/C22H20N2O5S/c25-14-16-6-8-18(9-7-16)19-10-11-21(29-15-17-4-2-1-3-5-17)20(12-19)24-13-22(26)23-30(24,27)28/h1-12,25H,13-15H2,(H,23,26). The summed E-state index contributed by atoms with van der Waals surface area (Å²) < 4.78 is 33.8. The number of benzene rings is 3. The van der Waals surface area contributed by atoms with Gasteiger partial charge in [-0.2, -0.15) is 8.42 Å². The number of aliphatic hydroxyl groups excluding tert-OH is 1. The Balaban J connectivity index is 1.72. The molecule has 1 amide bonds. The molecule has 0 bridgehead atoms. The van der Waals surface area contributed by atoms with Gasteiger partial charge in [-0.05, 0) is 34.4 Å². The molecule has 1 heterocycles. The van der Waals surface area contributed by atoms with Gasteiger partial charge < -0.3 is 9.84 Å². The Kier molecular flexibility index (Phi) is 5.43. The van der Waals surface area contributed by atoms with Crippen LogP contribution >= 0.6 is 0 Å². The molecule has 0 aliphatic carbocycles. The molecule has 0 radical (unpaired) electrons. The number of aliphatic hydroxyl groups is 1. The summed E-state index contributed by atoms with van der Waals surface area (Å²) >= 11 is 0. The molecule has 1 aliphatic heterocycles. The molecule has 3 aromatic rings. The molecule has 2 N–H and O–H groups in total. The highest BCUT2D eigenvalue weighted by molar-refractivity contribution is 7.92. The number of hydrogen-bond donors (Lipinski definition) is 2. The first-order chi connectivity index (χ1) is 14.5. The van der Waals surface area contributed by atoms with Crippen LogP contribution in [0.5, 0.6) is 5.75 Å². The van der Waals surface area contributed by atoms with Crippen molar-refractivity contribution in [1.29, 1.82) is 0 Å². The molecule has 8 heteroatoms. The topological polar surface area (TPSA) is 95.9 Å². The molecule has 30 heavy (non-hydrogen) atoms. The van der Waals surface area contributed by atoms with Crippen LogP contribution in [0, 0.1) is 0 Å². The Morgan fingerprint density at radius 1 is 0.933 bits per heavy atom. The van der Waals surface area contributed by atoms with Gasteiger partial charge in [0.15, 0.2) is 0 Å². The minimum atomic E-state index is -3.98. The number of carbonyl (C=O) groups is 1. The van der Waals surface area contributed by atoms with Gasteiger partial charge in [-0.3, -0.25) is 4.79 Å². The molecule has 3 aromatic carbocycles. The van der Waals surface area contributed by atoms with E-state index in [4.69, 9.17) is 4.74 Å². The maximum Gasteiger partial charge on any atom is 0.326 e. The number of ether oxygens (including phenoxy) is 1. The van der Waals surface area contributed by atoms with Crippen molar-refractivity contribution in [2.24, 2.45) is 0 Å². The van der Waals surface area contributed by atoms with E-state index < -0.39 is 16.1 Å². The van der Waals surface area contributed by atoms with Crippen molar-refractivity contribution in [1.82, 2.24) is 4.72 Å². The lowest BCUT2D eigenvalue weighted by molar-refractivity contribution is -0.117. The fourth-order valence-electron chi connectivity index (χ4n) is 3.21. The fraction of sp³-hybridized carbons (Fsp3) is 0.136. The molecule has 0 unspecified atom stereocenters. The second kappa shape index (κ2) is 8.17. The van der Waals surface area contributed by atoms with Crippen molar-refractivity contribution in [2.45, 2.75) is 13.2 Å². The summed E-state index contributed by atoms with van der Waals surface area (Å²) in [6.07, 6.45) is 0.